The second-order valence-corrected chi connectivity index (χ2v) is 7.45. The first-order valence-electron chi connectivity index (χ1n) is 8.41. The predicted octanol–water partition coefficient (Wildman–Crippen LogP) is 1.51. The Balaban J connectivity index is 1.77. The minimum Gasteiger partial charge on any atom is -0.475 e. The first-order valence-corrected chi connectivity index (χ1v) is 9.22. The van der Waals surface area contributed by atoms with Crippen molar-refractivity contribution in [2.24, 2.45) is 0 Å². The highest BCUT2D eigenvalue weighted by molar-refractivity contribution is 7.20. The van der Waals surface area contributed by atoms with Crippen molar-refractivity contribution >= 4 is 38.8 Å². The lowest BCUT2D eigenvalue weighted by Crippen LogP contribution is -2.21. The van der Waals surface area contributed by atoms with Gasteiger partial charge in [0.2, 0.25) is 0 Å². The van der Waals surface area contributed by atoms with Gasteiger partial charge in [0, 0.05) is 14.1 Å². The quantitative estimate of drug-likeness (QED) is 0.353. The number of aryl methyl sites for hydroxylation is 1. The van der Waals surface area contributed by atoms with E-state index in [2.05, 4.69) is 20.2 Å². The lowest BCUT2D eigenvalue weighted by Gasteiger charge is -2.08. The highest BCUT2D eigenvalue weighted by Crippen LogP contribution is 2.32. The highest BCUT2D eigenvalue weighted by atomic mass is 32.1. The fourth-order valence-corrected chi connectivity index (χ4v) is 4.11. The van der Waals surface area contributed by atoms with Crippen LogP contribution in [0.25, 0.3) is 15.9 Å². The molecule has 4 aromatic rings. The van der Waals surface area contributed by atoms with Crippen LogP contribution in [0.3, 0.4) is 0 Å². The molecule has 1 amide bonds. The van der Waals surface area contributed by atoms with E-state index in [9.17, 15) is 14.9 Å². The zero-order valence-corrected chi connectivity index (χ0v) is 16.8. The molecule has 0 radical (unpaired) electrons. The molecule has 4 heterocycles. The Kier molecular flexibility index (Phi) is 4.38. The molecule has 0 aliphatic heterocycles. The van der Waals surface area contributed by atoms with Crippen LogP contribution in [0.4, 0.5) is 5.69 Å². The number of nitrogens with zero attached hydrogens (tertiary/aromatic N) is 8. The third kappa shape index (κ3) is 3.04. The van der Waals surface area contributed by atoms with Gasteiger partial charge in [0.15, 0.2) is 11.5 Å². The van der Waals surface area contributed by atoms with E-state index in [0.29, 0.717) is 21.2 Å². The smallest absolute Gasteiger partial charge is 0.350 e. The van der Waals surface area contributed by atoms with Gasteiger partial charge in [-0.15, -0.1) is 21.5 Å². The number of rotatable bonds is 5. The minimum atomic E-state index is -0.565. The van der Waals surface area contributed by atoms with Crippen LogP contribution in [0.5, 0.6) is 5.88 Å². The topological polar surface area (TPSA) is 134 Å². The van der Waals surface area contributed by atoms with E-state index in [-0.39, 0.29) is 24.0 Å². The van der Waals surface area contributed by atoms with Crippen LogP contribution >= 0.6 is 11.3 Å². The van der Waals surface area contributed by atoms with Crippen molar-refractivity contribution in [3.63, 3.8) is 0 Å². The summed E-state index contributed by atoms with van der Waals surface area (Å²) in [7, 11) is 4.71. The molecule has 12 nitrogen and oxygen atoms in total. The number of thiophene rings is 1. The predicted molar refractivity (Wildman–Crippen MR) is 103 cm³/mol. The van der Waals surface area contributed by atoms with Crippen molar-refractivity contribution in [2.75, 3.05) is 21.2 Å². The highest BCUT2D eigenvalue weighted by Gasteiger charge is 2.23. The van der Waals surface area contributed by atoms with Crippen LogP contribution in [0, 0.1) is 17.0 Å². The Morgan fingerprint density at radius 3 is 2.76 bits per heavy atom. The molecule has 0 unspecified atom stereocenters. The van der Waals surface area contributed by atoms with Crippen molar-refractivity contribution in [1.29, 1.82) is 0 Å². The second-order valence-electron chi connectivity index (χ2n) is 6.46. The molecule has 4 rings (SSSR count). The summed E-state index contributed by atoms with van der Waals surface area (Å²) in [5.74, 6) is 0.216. The fraction of sp³-hybridized carbons (Fsp3) is 0.312. The maximum absolute atomic E-state index is 12.4. The van der Waals surface area contributed by atoms with Gasteiger partial charge in [-0.1, -0.05) is 0 Å². The van der Waals surface area contributed by atoms with Gasteiger partial charge in [0.1, 0.15) is 23.9 Å². The molecular formula is C16H16N8O4S. The lowest BCUT2D eigenvalue weighted by atomic mass is 10.2. The molecule has 0 saturated heterocycles. The molecular weight excluding hydrogens is 400 g/mol. The number of nitro groups is 1. The van der Waals surface area contributed by atoms with Gasteiger partial charge in [-0.2, -0.15) is 0 Å². The van der Waals surface area contributed by atoms with Crippen molar-refractivity contribution in [3.05, 3.63) is 38.9 Å². The van der Waals surface area contributed by atoms with Gasteiger partial charge in [-0.3, -0.25) is 19.6 Å². The molecule has 0 N–H and O–H groups in total. The number of carbonyl (C=O) groups is 1. The van der Waals surface area contributed by atoms with Gasteiger partial charge in [-0.05, 0) is 12.5 Å². The minimum absolute atomic E-state index is 0.0802. The van der Waals surface area contributed by atoms with Crippen molar-refractivity contribution < 1.29 is 14.5 Å². The third-order valence-corrected chi connectivity index (χ3v) is 5.50. The molecule has 0 aliphatic carbocycles. The number of hydrogen-bond acceptors (Lipinski definition) is 9. The number of carbonyl (C=O) groups excluding carboxylic acids is 1. The lowest BCUT2D eigenvalue weighted by molar-refractivity contribution is -0.385. The molecule has 4 aromatic heterocycles. The standard InChI is InChI=1S/C16H16N8O4S/c1-8-11-13-18-10(6-22-5-9(24(26)27)14(20-22)28-4)19-23(13)7-17-15(11)29-12(8)16(25)21(2)3/h5,7H,6H2,1-4H3. The summed E-state index contributed by atoms with van der Waals surface area (Å²) in [6.07, 6.45) is 2.79. The molecule has 0 atom stereocenters. The number of aromatic nitrogens is 6. The Bertz CT molecular complexity index is 1270. The first kappa shape index (κ1) is 18.7. The number of hydrogen-bond donors (Lipinski definition) is 0. The van der Waals surface area contributed by atoms with E-state index in [0.717, 1.165) is 10.9 Å². The van der Waals surface area contributed by atoms with Crippen LogP contribution < -0.4 is 4.74 Å². The number of amides is 1. The molecule has 0 aromatic carbocycles. The SMILES string of the molecule is COc1nn(Cc2nc3c4c(C)c(C(=O)N(C)C)sc4ncn3n2)cc1[N+](=O)[O-]. The Morgan fingerprint density at radius 1 is 1.38 bits per heavy atom. The maximum atomic E-state index is 12.4. The van der Waals surface area contributed by atoms with Gasteiger partial charge in [0.25, 0.3) is 5.91 Å². The van der Waals surface area contributed by atoms with Crippen LogP contribution in [-0.4, -0.2) is 66.3 Å². The Labute approximate surface area is 167 Å². The summed E-state index contributed by atoms with van der Waals surface area (Å²) in [6, 6.07) is 0. The number of methoxy groups -OCH3 is 1. The van der Waals surface area contributed by atoms with Crippen LogP contribution in [0.15, 0.2) is 12.5 Å². The van der Waals surface area contributed by atoms with E-state index < -0.39 is 4.92 Å². The zero-order valence-electron chi connectivity index (χ0n) is 16.0. The summed E-state index contributed by atoms with van der Waals surface area (Å²) < 4.78 is 7.81. The van der Waals surface area contributed by atoms with Crippen LogP contribution in [0.2, 0.25) is 0 Å². The van der Waals surface area contributed by atoms with E-state index in [1.807, 2.05) is 6.92 Å². The van der Waals surface area contributed by atoms with E-state index in [1.54, 1.807) is 14.1 Å². The average Bonchev–Trinajstić information content (AvgIpc) is 3.35. The molecule has 0 saturated carbocycles. The van der Waals surface area contributed by atoms with Crippen LogP contribution in [-0.2, 0) is 6.54 Å². The molecule has 0 fully saturated rings. The largest absolute Gasteiger partial charge is 0.475 e. The fourth-order valence-electron chi connectivity index (χ4n) is 2.94. The molecule has 0 bridgehead atoms. The van der Waals surface area contributed by atoms with Gasteiger partial charge in [-0.25, -0.2) is 14.5 Å². The van der Waals surface area contributed by atoms with Gasteiger partial charge >= 0.3 is 11.6 Å². The molecule has 29 heavy (non-hydrogen) atoms. The summed E-state index contributed by atoms with van der Waals surface area (Å²) in [5.41, 5.74) is 1.11. The normalized spacial score (nSPS) is 11.3. The summed E-state index contributed by atoms with van der Waals surface area (Å²) >= 11 is 1.31. The molecule has 0 aliphatic rings. The number of ether oxygens (including phenoxy) is 1. The summed E-state index contributed by atoms with van der Waals surface area (Å²) in [6.45, 7) is 1.97. The first-order chi connectivity index (χ1) is 13.8. The Hall–Kier alpha value is -3.61. The van der Waals surface area contributed by atoms with Gasteiger partial charge in [0.05, 0.1) is 22.3 Å². The monoisotopic (exact) mass is 416 g/mol. The van der Waals surface area contributed by atoms with Crippen molar-refractivity contribution in [1.82, 2.24) is 34.3 Å². The van der Waals surface area contributed by atoms with Crippen molar-refractivity contribution in [3.8, 4) is 5.88 Å². The van der Waals surface area contributed by atoms with Crippen molar-refractivity contribution in [2.45, 2.75) is 13.5 Å². The summed E-state index contributed by atoms with van der Waals surface area (Å²) in [4.78, 5) is 34.7. The Morgan fingerprint density at radius 2 is 2.14 bits per heavy atom. The molecule has 150 valence electrons. The van der Waals surface area contributed by atoms with E-state index in [4.69, 9.17) is 4.74 Å². The molecule has 13 heteroatoms. The summed E-state index contributed by atoms with van der Waals surface area (Å²) in [5, 5.41) is 20.3. The third-order valence-electron chi connectivity index (χ3n) is 4.31. The zero-order chi connectivity index (χ0) is 20.9. The second kappa shape index (κ2) is 6.77. The van der Waals surface area contributed by atoms with Crippen LogP contribution in [0.1, 0.15) is 21.1 Å². The van der Waals surface area contributed by atoms with E-state index in [1.165, 1.54) is 45.1 Å². The average molecular weight is 416 g/mol. The molecule has 0 spiro atoms. The number of fused-ring (bicyclic) bond motifs is 3. The maximum Gasteiger partial charge on any atom is 0.350 e. The van der Waals surface area contributed by atoms with Gasteiger partial charge < -0.3 is 9.64 Å². The van der Waals surface area contributed by atoms with E-state index >= 15 is 0 Å².